The summed E-state index contributed by atoms with van der Waals surface area (Å²) in [7, 11) is 0. The number of nitrogens with one attached hydrogen (secondary N) is 1. The Morgan fingerprint density at radius 3 is 2.76 bits per heavy atom. The lowest BCUT2D eigenvalue weighted by molar-refractivity contribution is 0.0213. The molecule has 2 heterocycles. The van der Waals surface area contributed by atoms with E-state index in [1.54, 1.807) is 0 Å². The fourth-order valence-electron chi connectivity index (χ4n) is 2.63. The van der Waals surface area contributed by atoms with E-state index < -0.39 is 5.60 Å². The standard InChI is InChI=1S/C13H24N2O2/c1-13(2,3)17-12(16)15-8-10-5-4-6-11(9-15)14-7-10/h10-11,14H,4-9H2,1-3H3/t10-,11+/m0/s1. The van der Waals surface area contributed by atoms with Gasteiger partial charge in [0.2, 0.25) is 0 Å². The van der Waals surface area contributed by atoms with Crippen LogP contribution in [0.5, 0.6) is 0 Å². The fourth-order valence-corrected chi connectivity index (χ4v) is 2.63. The molecule has 2 saturated heterocycles. The van der Waals surface area contributed by atoms with Gasteiger partial charge in [-0.15, -0.1) is 0 Å². The topological polar surface area (TPSA) is 41.6 Å². The summed E-state index contributed by atoms with van der Waals surface area (Å²) in [5.41, 5.74) is -0.397. The smallest absolute Gasteiger partial charge is 0.410 e. The first-order valence-electron chi connectivity index (χ1n) is 6.65. The molecular formula is C13H24N2O2. The number of likely N-dealkylation sites (tertiary alicyclic amines) is 1. The highest BCUT2D eigenvalue weighted by Gasteiger charge is 2.31. The first kappa shape index (κ1) is 12.7. The summed E-state index contributed by atoms with van der Waals surface area (Å²) >= 11 is 0. The Morgan fingerprint density at radius 2 is 2.06 bits per heavy atom. The number of nitrogens with zero attached hydrogens (tertiary/aromatic N) is 1. The average Bonchev–Trinajstić information content (AvgIpc) is 2.46. The maximum absolute atomic E-state index is 12.1. The van der Waals surface area contributed by atoms with Crippen molar-refractivity contribution in [2.45, 2.75) is 51.7 Å². The minimum Gasteiger partial charge on any atom is -0.444 e. The van der Waals surface area contributed by atoms with Gasteiger partial charge in [-0.25, -0.2) is 4.79 Å². The number of hydrogen-bond acceptors (Lipinski definition) is 3. The molecule has 4 nitrogen and oxygen atoms in total. The third-order valence-corrected chi connectivity index (χ3v) is 3.43. The molecule has 0 radical (unpaired) electrons. The second-order valence-electron chi connectivity index (χ2n) is 6.29. The average molecular weight is 240 g/mol. The molecule has 0 unspecified atom stereocenters. The summed E-state index contributed by atoms with van der Waals surface area (Å²) in [6.07, 6.45) is 3.53. The van der Waals surface area contributed by atoms with Gasteiger partial charge in [-0.1, -0.05) is 6.42 Å². The van der Waals surface area contributed by atoms with E-state index in [1.807, 2.05) is 25.7 Å². The molecule has 2 atom stereocenters. The molecule has 0 aromatic rings. The zero-order valence-corrected chi connectivity index (χ0v) is 11.2. The maximum Gasteiger partial charge on any atom is 0.410 e. The number of rotatable bonds is 0. The minimum absolute atomic E-state index is 0.155. The van der Waals surface area contributed by atoms with Crippen LogP contribution in [0, 0.1) is 5.92 Å². The van der Waals surface area contributed by atoms with Crippen molar-refractivity contribution in [1.82, 2.24) is 10.2 Å². The van der Waals surface area contributed by atoms with Crippen molar-refractivity contribution in [3.63, 3.8) is 0 Å². The minimum atomic E-state index is -0.397. The number of ether oxygens (including phenoxy) is 1. The van der Waals surface area contributed by atoms with Gasteiger partial charge < -0.3 is 15.0 Å². The van der Waals surface area contributed by atoms with Crippen LogP contribution in [0.1, 0.15) is 40.0 Å². The van der Waals surface area contributed by atoms with E-state index in [1.165, 1.54) is 19.3 Å². The number of fused-ring (bicyclic) bond motifs is 3. The van der Waals surface area contributed by atoms with Crippen LogP contribution in [-0.4, -0.2) is 42.3 Å². The lowest BCUT2D eigenvalue weighted by Crippen LogP contribution is -2.43. The van der Waals surface area contributed by atoms with Crippen LogP contribution in [0.25, 0.3) is 0 Å². The van der Waals surface area contributed by atoms with Crippen molar-refractivity contribution >= 4 is 6.09 Å². The molecular weight excluding hydrogens is 216 g/mol. The van der Waals surface area contributed by atoms with E-state index in [4.69, 9.17) is 4.74 Å². The highest BCUT2D eigenvalue weighted by Crippen LogP contribution is 2.22. The second-order valence-corrected chi connectivity index (χ2v) is 6.29. The van der Waals surface area contributed by atoms with Gasteiger partial charge in [-0.3, -0.25) is 0 Å². The molecule has 2 bridgehead atoms. The lowest BCUT2D eigenvalue weighted by atomic mass is 10.0. The largest absolute Gasteiger partial charge is 0.444 e. The molecule has 4 heteroatoms. The SMILES string of the molecule is CC(C)(C)OC(=O)N1C[C@H]2CCC[C@H](C1)NC2. The van der Waals surface area contributed by atoms with Crippen LogP contribution in [0.3, 0.4) is 0 Å². The number of amides is 1. The molecule has 1 N–H and O–H groups in total. The van der Waals surface area contributed by atoms with Gasteiger partial charge in [0.25, 0.3) is 0 Å². The summed E-state index contributed by atoms with van der Waals surface area (Å²) in [6.45, 7) is 8.44. The molecule has 0 aromatic heterocycles. The highest BCUT2D eigenvalue weighted by molar-refractivity contribution is 5.68. The Labute approximate surface area is 104 Å². The second kappa shape index (κ2) is 4.84. The lowest BCUT2D eigenvalue weighted by Gasteiger charge is -2.30. The molecule has 0 saturated carbocycles. The van der Waals surface area contributed by atoms with Crippen molar-refractivity contribution in [1.29, 1.82) is 0 Å². The van der Waals surface area contributed by atoms with Crippen molar-refractivity contribution in [2.75, 3.05) is 19.6 Å². The number of carbonyl (C=O) groups is 1. The summed E-state index contributed by atoms with van der Waals surface area (Å²) in [4.78, 5) is 14.0. The number of hydrogen-bond donors (Lipinski definition) is 1. The molecule has 98 valence electrons. The first-order valence-corrected chi connectivity index (χ1v) is 6.65. The third-order valence-electron chi connectivity index (χ3n) is 3.43. The molecule has 0 spiro atoms. The van der Waals surface area contributed by atoms with E-state index in [9.17, 15) is 4.79 Å². The Bertz CT molecular complexity index is 272. The quantitative estimate of drug-likeness (QED) is 0.704. The van der Waals surface area contributed by atoms with Gasteiger partial charge in [0.15, 0.2) is 0 Å². The molecule has 0 aromatic carbocycles. The summed E-state index contributed by atoms with van der Waals surface area (Å²) in [5, 5.41) is 3.54. The van der Waals surface area contributed by atoms with Gasteiger partial charge in [-0.2, -0.15) is 0 Å². The monoisotopic (exact) mass is 240 g/mol. The van der Waals surface area contributed by atoms with E-state index in [0.29, 0.717) is 12.0 Å². The zero-order chi connectivity index (χ0) is 12.5. The van der Waals surface area contributed by atoms with Gasteiger partial charge in [-0.05, 0) is 46.1 Å². The van der Waals surface area contributed by atoms with Crippen LogP contribution < -0.4 is 5.32 Å². The normalized spacial score (nSPS) is 29.7. The van der Waals surface area contributed by atoms with Crippen LogP contribution in [-0.2, 0) is 4.74 Å². The van der Waals surface area contributed by atoms with Crippen molar-refractivity contribution < 1.29 is 9.53 Å². The van der Waals surface area contributed by atoms with Crippen LogP contribution in [0.4, 0.5) is 4.79 Å². The maximum atomic E-state index is 12.1. The van der Waals surface area contributed by atoms with Gasteiger partial charge in [0, 0.05) is 19.1 Å². The molecule has 17 heavy (non-hydrogen) atoms. The summed E-state index contributed by atoms with van der Waals surface area (Å²) in [5.74, 6) is 0.593. The van der Waals surface area contributed by atoms with E-state index >= 15 is 0 Å². The van der Waals surface area contributed by atoms with Gasteiger partial charge >= 0.3 is 6.09 Å². The summed E-state index contributed by atoms with van der Waals surface area (Å²) < 4.78 is 5.46. The van der Waals surface area contributed by atoms with Crippen LogP contribution >= 0.6 is 0 Å². The molecule has 1 amide bonds. The third kappa shape index (κ3) is 3.60. The van der Waals surface area contributed by atoms with Gasteiger partial charge in [0.05, 0.1) is 0 Å². The van der Waals surface area contributed by atoms with Crippen molar-refractivity contribution in [2.24, 2.45) is 5.92 Å². The molecule has 2 fully saturated rings. The van der Waals surface area contributed by atoms with Crippen molar-refractivity contribution in [3.8, 4) is 0 Å². The molecule has 0 aliphatic carbocycles. The Hall–Kier alpha value is -0.770. The first-order chi connectivity index (χ1) is 7.94. The van der Waals surface area contributed by atoms with E-state index in [2.05, 4.69) is 5.32 Å². The van der Waals surface area contributed by atoms with Gasteiger partial charge in [0.1, 0.15) is 5.60 Å². The molecule has 2 rings (SSSR count). The zero-order valence-electron chi connectivity index (χ0n) is 11.2. The Balaban J connectivity index is 1.99. The van der Waals surface area contributed by atoms with Crippen molar-refractivity contribution in [3.05, 3.63) is 0 Å². The highest BCUT2D eigenvalue weighted by atomic mass is 16.6. The Kier molecular flexibility index (Phi) is 3.61. The predicted molar refractivity (Wildman–Crippen MR) is 66.9 cm³/mol. The van der Waals surface area contributed by atoms with E-state index in [-0.39, 0.29) is 6.09 Å². The predicted octanol–water partition coefficient (Wildman–Crippen LogP) is 2.00. The number of carbonyl (C=O) groups excluding carboxylic acids is 1. The van der Waals surface area contributed by atoms with Crippen LogP contribution in [0.15, 0.2) is 0 Å². The Morgan fingerprint density at radius 1 is 1.29 bits per heavy atom. The fraction of sp³-hybridized carbons (Fsp3) is 0.923. The summed E-state index contributed by atoms with van der Waals surface area (Å²) in [6, 6.07) is 0.454. The molecule has 2 aliphatic heterocycles. The molecule has 2 aliphatic rings. The van der Waals surface area contributed by atoms with E-state index in [0.717, 1.165) is 19.6 Å². The van der Waals surface area contributed by atoms with Crippen LogP contribution in [0.2, 0.25) is 0 Å².